The van der Waals surface area contributed by atoms with Gasteiger partial charge in [0.1, 0.15) is 0 Å². The van der Waals surface area contributed by atoms with Crippen LogP contribution < -0.4 is 5.73 Å². The van der Waals surface area contributed by atoms with Crippen molar-refractivity contribution >= 4 is 0 Å². The normalized spacial score (nSPS) is 29.5. The monoisotopic (exact) mass is 171 g/mol. The van der Waals surface area contributed by atoms with Crippen molar-refractivity contribution in [1.82, 2.24) is 0 Å². The fourth-order valence-corrected chi connectivity index (χ4v) is 1.87. The molecule has 0 aliphatic heterocycles. The van der Waals surface area contributed by atoms with Crippen molar-refractivity contribution in [2.24, 2.45) is 11.7 Å². The Kier molecular flexibility index (Phi) is 4.62. The number of ether oxygens (including phenoxy) is 1. The Hall–Kier alpha value is -0.0800. The predicted octanol–water partition coefficient (Wildman–Crippen LogP) is 1.93. The fourth-order valence-electron chi connectivity index (χ4n) is 1.87. The summed E-state index contributed by atoms with van der Waals surface area (Å²) in [6.45, 7) is 3.92. The van der Waals surface area contributed by atoms with Gasteiger partial charge in [-0.2, -0.15) is 0 Å². The molecular formula is C10H21NO. The molecule has 12 heavy (non-hydrogen) atoms. The maximum Gasteiger partial charge on any atom is 0.0615 e. The second-order valence-corrected chi connectivity index (χ2v) is 3.69. The van der Waals surface area contributed by atoms with E-state index < -0.39 is 0 Å². The minimum absolute atomic E-state index is 0.474. The van der Waals surface area contributed by atoms with Gasteiger partial charge in [-0.15, -0.1) is 0 Å². The van der Waals surface area contributed by atoms with Crippen LogP contribution in [0.2, 0.25) is 0 Å². The van der Waals surface area contributed by atoms with Crippen LogP contribution >= 0.6 is 0 Å². The predicted molar refractivity (Wildman–Crippen MR) is 51.0 cm³/mol. The molecule has 0 spiro atoms. The topological polar surface area (TPSA) is 35.2 Å². The lowest BCUT2D eigenvalue weighted by Crippen LogP contribution is -2.25. The highest BCUT2D eigenvalue weighted by Gasteiger charge is 2.26. The fraction of sp³-hybridized carbons (Fsp3) is 1.00. The standard InChI is InChI=1S/C10H21NO/c1-2-3-7-12-10-6-4-5-9(10)8-11/h9-10H,2-8,11H2,1H3. The summed E-state index contributed by atoms with van der Waals surface area (Å²) in [4.78, 5) is 0. The van der Waals surface area contributed by atoms with Crippen LogP contribution in [0.4, 0.5) is 0 Å². The summed E-state index contributed by atoms with van der Waals surface area (Å²) in [7, 11) is 0. The van der Waals surface area contributed by atoms with Crippen LogP contribution in [0, 0.1) is 5.92 Å². The first-order chi connectivity index (χ1) is 5.88. The van der Waals surface area contributed by atoms with E-state index in [0.717, 1.165) is 13.2 Å². The molecule has 1 aliphatic carbocycles. The first-order valence-corrected chi connectivity index (χ1v) is 5.20. The van der Waals surface area contributed by atoms with E-state index in [-0.39, 0.29) is 0 Å². The van der Waals surface area contributed by atoms with E-state index in [1.165, 1.54) is 32.1 Å². The molecule has 1 rings (SSSR count). The van der Waals surface area contributed by atoms with E-state index in [1.807, 2.05) is 0 Å². The molecule has 0 amide bonds. The number of rotatable bonds is 5. The number of hydrogen-bond donors (Lipinski definition) is 1. The Morgan fingerprint density at radius 2 is 2.25 bits per heavy atom. The van der Waals surface area contributed by atoms with Crippen molar-refractivity contribution in [3.05, 3.63) is 0 Å². The molecule has 72 valence electrons. The summed E-state index contributed by atoms with van der Waals surface area (Å²) in [5, 5.41) is 0. The van der Waals surface area contributed by atoms with Crippen LogP contribution in [0.3, 0.4) is 0 Å². The number of hydrogen-bond acceptors (Lipinski definition) is 2. The lowest BCUT2D eigenvalue weighted by atomic mass is 10.1. The quantitative estimate of drug-likeness (QED) is 0.641. The molecule has 2 atom stereocenters. The highest BCUT2D eigenvalue weighted by atomic mass is 16.5. The second-order valence-electron chi connectivity index (χ2n) is 3.69. The summed E-state index contributed by atoms with van der Waals surface area (Å²) in [6.07, 6.45) is 6.69. The average Bonchev–Trinajstić information content (AvgIpc) is 2.52. The SMILES string of the molecule is CCCCOC1CCCC1CN. The van der Waals surface area contributed by atoms with E-state index in [4.69, 9.17) is 10.5 Å². The summed E-state index contributed by atoms with van der Waals surface area (Å²) >= 11 is 0. The molecule has 0 aromatic rings. The molecule has 0 aromatic carbocycles. The van der Waals surface area contributed by atoms with Gasteiger partial charge in [-0.25, -0.2) is 0 Å². The van der Waals surface area contributed by atoms with E-state index in [1.54, 1.807) is 0 Å². The van der Waals surface area contributed by atoms with Crippen LogP contribution in [0.25, 0.3) is 0 Å². The minimum Gasteiger partial charge on any atom is -0.378 e. The Morgan fingerprint density at radius 3 is 2.92 bits per heavy atom. The number of unbranched alkanes of at least 4 members (excludes halogenated alkanes) is 1. The Bertz CT molecular complexity index is 116. The molecule has 2 heteroatoms. The van der Waals surface area contributed by atoms with Gasteiger partial charge in [0.05, 0.1) is 6.10 Å². The van der Waals surface area contributed by atoms with E-state index in [9.17, 15) is 0 Å². The third-order valence-corrected chi connectivity index (χ3v) is 2.72. The van der Waals surface area contributed by atoms with Crippen LogP contribution in [0.5, 0.6) is 0 Å². The zero-order chi connectivity index (χ0) is 8.81. The zero-order valence-corrected chi connectivity index (χ0v) is 8.09. The van der Waals surface area contributed by atoms with Gasteiger partial charge < -0.3 is 10.5 Å². The molecule has 1 saturated carbocycles. The van der Waals surface area contributed by atoms with E-state index in [0.29, 0.717) is 12.0 Å². The van der Waals surface area contributed by atoms with Crippen molar-refractivity contribution < 1.29 is 4.74 Å². The van der Waals surface area contributed by atoms with Gasteiger partial charge in [-0.3, -0.25) is 0 Å². The molecule has 1 aliphatic rings. The van der Waals surface area contributed by atoms with Gasteiger partial charge in [-0.1, -0.05) is 19.8 Å². The van der Waals surface area contributed by atoms with Gasteiger partial charge in [0.2, 0.25) is 0 Å². The van der Waals surface area contributed by atoms with Crippen LogP contribution in [-0.4, -0.2) is 19.3 Å². The van der Waals surface area contributed by atoms with Crippen LogP contribution in [0.1, 0.15) is 39.0 Å². The lowest BCUT2D eigenvalue weighted by Gasteiger charge is -2.18. The summed E-state index contributed by atoms with van der Waals surface area (Å²) in [5.74, 6) is 0.641. The maximum absolute atomic E-state index is 5.77. The summed E-state index contributed by atoms with van der Waals surface area (Å²) < 4.78 is 5.77. The molecule has 2 nitrogen and oxygen atoms in total. The Labute approximate surface area is 75.5 Å². The molecule has 0 heterocycles. The third-order valence-electron chi connectivity index (χ3n) is 2.72. The van der Waals surface area contributed by atoms with E-state index >= 15 is 0 Å². The first kappa shape index (κ1) is 10.0. The highest BCUT2D eigenvalue weighted by Crippen LogP contribution is 2.27. The van der Waals surface area contributed by atoms with Gasteiger partial charge in [0, 0.05) is 6.61 Å². The van der Waals surface area contributed by atoms with Crippen molar-refractivity contribution in [3.63, 3.8) is 0 Å². The molecule has 0 saturated heterocycles. The van der Waals surface area contributed by atoms with Crippen LogP contribution in [-0.2, 0) is 4.74 Å². The van der Waals surface area contributed by atoms with Crippen molar-refractivity contribution in [2.45, 2.75) is 45.1 Å². The zero-order valence-electron chi connectivity index (χ0n) is 8.09. The first-order valence-electron chi connectivity index (χ1n) is 5.20. The molecular weight excluding hydrogens is 150 g/mol. The third kappa shape index (κ3) is 2.76. The molecule has 0 aromatic heterocycles. The van der Waals surface area contributed by atoms with Gasteiger partial charge in [0.25, 0.3) is 0 Å². The lowest BCUT2D eigenvalue weighted by molar-refractivity contribution is 0.0286. The smallest absolute Gasteiger partial charge is 0.0615 e. The molecule has 0 radical (unpaired) electrons. The summed E-state index contributed by atoms with van der Waals surface area (Å²) in [6, 6.07) is 0. The van der Waals surface area contributed by atoms with Crippen molar-refractivity contribution in [3.8, 4) is 0 Å². The molecule has 2 N–H and O–H groups in total. The summed E-state index contributed by atoms with van der Waals surface area (Å²) in [5.41, 5.74) is 5.65. The minimum atomic E-state index is 0.474. The molecule has 0 bridgehead atoms. The van der Waals surface area contributed by atoms with Crippen molar-refractivity contribution in [2.75, 3.05) is 13.2 Å². The maximum atomic E-state index is 5.77. The average molecular weight is 171 g/mol. The van der Waals surface area contributed by atoms with Gasteiger partial charge >= 0.3 is 0 Å². The Balaban J connectivity index is 2.12. The molecule has 2 unspecified atom stereocenters. The molecule has 1 fully saturated rings. The Morgan fingerprint density at radius 1 is 1.42 bits per heavy atom. The van der Waals surface area contributed by atoms with Crippen LogP contribution in [0.15, 0.2) is 0 Å². The van der Waals surface area contributed by atoms with Crippen molar-refractivity contribution in [1.29, 1.82) is 0 Å². The second kappa shape index (κ2) is 5.55. The number of nitrogens with two attached hydrogens (primary N) is 1. The van der Waals surface area contributed by atoms with Gasteiger partial charge in [-0.05, 0) is 31.7 Å². The largest absolute Gasteiger partial charge is 0.378 e. The van der Waals surface area contributed by atoms with Gasteiger partial charge in [0.15, 0.2) is 0 Å². The van der Waals surface area contributed by atoms with E-state index in [2.05, 4.69) is 6.92 Å². The highest BCUT2D eigenvalue weighted by molar-refractivity contribution is 4.78.